The molecule has 0 aliphatic rings. The number of aromatic nitrogens is 2. The minimum atomic E-state index is 1.04. The first-order valence-electron chi connectivity index (χ1n) is 4.40. The average molecular weight is 288 g/mol. The van der Waals surface area contributed by atoms with Crippen molar-refractivity contribution in [1.82, 2.24) is 9.13 Å². The van der Waals surface area contributed by atoms with E-state index in [4.69, 9.17) is 0 Å². The molecule has 13 heavy (non-hydrogen) atoms. The fraction of sp³-hybridized carbons (Fsp3) is 0.300. The third kappa shape index (κ3) is 1.27. The van der Waals surface area contributed by atoms with E-state index in [1.807, 2.05) is 0 Å². The van der Waals surface area contributed by atoms with Gasteiger partial charge in [-0.3, -0.25) is 0 Å². The van der Waals surface area contributed by atoms with Crippen LogP contribution in [0.4, 0.5) is 0 Å². The third-order valence-corrected chi connectivity index (χ3v) is 3.78. The van der Waals surface area contributed by atoms with Crippen molar-refractivity contribution in [3.8, 4) is 0 Å². The van der Waals surface area contributed by atoms with E-state index in [9.17, 15) is 0 Å². The number of aryl methyl sites for hydroxylation is 2. The third-order valence-electron chi connectivity index (χ3n) is 2.37. The molecule has 3 heteroatoms. The second-order valence-electron chi connectivity index (χ2n) is 3.07. The van der Waals surface area contributed by atoms with Crippen molar-refractivity contribution in [3.05, 3.63) is 27.7 Å². The Hall–Kier alpha value is -0.520. The summed E-state index contributed by atoms with van der Waals surface area (Å²) in [5, 5.41) is 0. The minimum absolute atomic E-state index is 1.04. The van der Waals surface area contributed by atoms with Gasteiger partial charge in [-0.2, -0.15) is 0 Å². The van der Waals surface area contributed by atoms with E-state index < -0.39 is 0 Å². The summed E-state index contributed by atoms with van der Waals surface area (Å²) in [6.07, 6.45) is 0. The van der Waals surface area contributed by atoms with Gasteiger partial charge < -0.3 is 0 Å². The summed E-state index contributed by atoms with van der Waals surface area (Å²) in [5.41, 5.74) is 2.64. The number of hydrogen-bond donors (Lipinski definition) is 0. The number of fused-ring (bicyclic) bond motifs is 1. The van der Waals surface area contributed by atoms with Gasteiger partial charge in [0.1, 0.15) is 0 Å². The first-order chi connectivity index (χ1) is 6.25. The van der Waals surface area contributed by atoms with E-state index >= 15 is 0 Å². The van der Waals surface area contributed by atoms with Gasteiger partial charge in [0.15, 0.2) is 0 Å². The predicted molar refractivity (Wildman–Crippen MR) is 55.6 cm³/mol. The van der Waals surface area contributed by atoms with Crippen LogP contribution in [0.1, 0.15) is 6.92 Å². The molecule has 1 aromatic carbocycles. The maximum absolute atomic E-state index is 2.33. The van der Waals surface area contributed by atoms with Crippen molar-refractivity contribution in [3.63, 3.8) is 0 Å². The number of para-hydroxylation sites is 2. The molecule has 0 aliphatic heterocycles. The molecule has 0 N–H and O–H groups in total. The molecule has 0 saturated carbocycles. The van der Waals surface area contributed by atoms with Crippen LogP contribution in [0.2, 0.25) is 0 Å². The van der Waals surface area contributed by atoms with Gasteiger partial charge in [0, 0.05) is 0 Å². The quantitative estimate of drug-likeness (QED) is 0.707. The summed E-state index contributed by atoms with van der Waals surface area (Å²) in [6, 6.07) is 8.52. The molecule has 0 aliphatic carbocycles. The summed E-state index contributed by atoms with van der Waals surface area (Å²) in [5.74, 6) is 0. The van der Waals surface area contributed by atoms with Crippen molar-refractivity contribution < 1.29 is 0 Å². The molecule has 2 rings (SSSR count). The van der Waals surface area contributed by atoms with E-state index in [0.717, 1.165) is 6.54 Å². The molecule has 1 heterocycles. The second kappa shape index (κ2) is 3.32. The van der Waals surface area contributed by atoms with E-state index in [2.05, 4.69) is 69.2 Å². The number of benzene rings is 1. The number of nitrogens with zero attached hydrogens (tertiary/aromatic N) is 2. The number of rotatable bonds is 1. The molecule has 0 saturated heterocycles. The fourth-order valence-corrected chi connectivity index (χ4v) is 2.60. The Morgan fingerprint density at radius 2 is 1.85 bits per heavy atom. The Bertz CT molecular complexity index is 493. The van der Waals surface area contributed by atoms with E-state index in [0.29, 0.717) is 0 Å². The van der Waals surface area contributed by atoms with E-state index in [1.165, 1.54) is 14.5 Å². The van der Waals surface area contributed by atoms with Crippen LogP contribution in [-0.4, -0.2) is 31.0 Å². The Morgan fingerprint density at radius 1 is 1.23 bits per heavy atom. The van der Waals surface area contributed by atoms with Crippen molar-refractivity contribution in [2.24, 2.45) is 7.05 Å². The van der Waals surface area contributed by atoms with Gasteiger partial charge in [-0.05, 0) is 0 Å². The zero-order valence-corrected chi connectivity index (χ0v) is 10.1. The second-order valence-corrected chi connectivity index (χ2v) is 4.12. The van der Waals surface area contributed by atoms with Gasteiger partial charge in [0.25, 0.3) is 0 Å². The Kier molecular flexibility index (Phi) is 2.31. The summed E-state index contributed by atoms with van der Waals surface area (Å²) in [6.45, 7) is 3.22. The molecule has 2 nitrogen and oxygen atoms in total. The zero-order valence-electron chi connectivity index (χ0n) is 7.82. The summed E-state index contributed by atoms with van der Waals surface area (Å²) >= 11 is 2.08. The zero-order chi connectivity index (χ0) is 9.42. The molecule has 0 atom stereocenters. The fourth-order valence-electron chi connectivity index (χ4n) is 1.67. The van der Waals surface area contributed by atoms with Crippen LogP contribution in [0.25, 0.3) is 11.0 Å². The summed E-state index contributed by atoms with van der Waals surface area (Å²) in [4.78, 5) is 0. The molecule has 0 bridgehead atoms. The molecular weight excluding hydrogens is 276 g/mol. The normalized spacial score (nSPS) is 10.9. The van der Waals surface area contributed by atoms with Gasteiger partial charge in [0.05, 0.1) is 0 Å². The Labute approximate surface area is 90.2 Å². The first kappa shape index (κ1) is 9.05. The molecule has 0 amide bonds. The number of imidazole rings is 1. The van der Waals surface area contributed by atoms with E-state index in [1.54, 1.807) is 0 Å². The topological polar surface area (TPSA) is 9.86 Å². The van der Waals surface area contributed by atoms with Crippen molar-refractivity contribution in [2.75, 3.05) is 0 Å². The first-order valence-corrected chi connectivity index (χ1v) is 5.56. The van der Waals surface area contributed by atoms with Crippen LogP contribution in [-0.2, 0) is 13.6 Å². The standard InChI is InChI=1S/C10H12N2Te/c1-3-12-9-7-5-4-6-8(9)11(2)10(12)13/h4-7H,3H2,1-2H3. The summed E-state index contributed by atoms with van der Waals surface area (Å²) < 4.78 is 5.89. The van der Waals surface area contributed by atoms with Crippen molar-refractivity contribution in [2.45, 2.75) is 13.5 Å². The number of hydrogen-bond acceptors (Lipinski definition) is 0. The average Bonchev–Trinajstić information content (AvgIpc) is 2.41. The van der Waals surface area contributed by atoms with Crippen LogP contribution in [0, 0.1) is 3.46 Å². The predicted octanol–water partition coefficient (Wildman–Crippen LogP) is 1.70. The molecule has 1 aromatic heterocycles. The molecule has 0 fully saturated rings. The van der Waals surface area contributed by atoms with E-state index in [-0.39, 0.29) is 0 Å². The maximum atomic E-state index is 2.33. The van der Waals surface area contributed by atoms with Crippen LogP contribution in [0.15, 0.2) is 24.3 Å². The van der Waals surface area contributed by atoms with Crippen LogP contribution < -0.4 is 0 Å². The summed E-state index contributed by atoms with van der Waals surface area (Å²) in [7, 11) is 2.12. The molecule has 0 radical (unpaired) electrons. The van der Waals surface area contributed by atoms with Gasteiger partial charge in [-0.25, -0.2) is 0 Å². The monoisotopic (exact) mass is 290 g/mol. The molecule has 2 aromatic rings. The molecule has 0 unspecified atom stereocenters. The van der Waals surface area contributed by atoms with Crippen LogP contribution in [0.5, 0.6) is 0 Å². The molecule has 68 valence electrons. The Morgan fingerprint density at radius 3 is 2.46 bits per heavy atom. The SMILES string of the molecule is CCn1c(=[Te])n(C)c2ccccc21. The van der Waals surface area contributed by atoms with Crippen molar-refractivity contribution >= 4 is 32.9 Å². The van der Waals surface area contributed by atoms with Gasteiger partial charge in [-0.1, -0.05) is 0 Å². The van der Waals surface area contributed by atoms with Gasteiger partial charge in [0.2, 0.25) is 0 Å². The van der Waals surface area contributed by atoms with Gasteiger partial charge in [-0.15, -0.1) is 0 Å². The van der Waals surface area contributed by atoms with Gasteiger partial charge >= 0.3 is 90.2 Å². The van der Waals surface area contributed by atoms with Crippen LogP contribution in [0.3, 0.4) is 0 Å². The Balaban J connectivity index is 2.98. The molecular formula is C10H12N2Te. The molecule has 0 spiro atoms. The van der Waals surface area contributed by atoms with Crippen molar-refractivity contribution in [1.29, 1.82) is 0 Å². The van der Waals surface area contributed by atoms with Crippen LogP contribution >= 0.6 is 0 Å².